The van der Waals surface area contributed by atoms with Crippen LogP contribution in [0.3, 0.4) is 0 Å². The Morgan fingerprint density at radius 1 is 1.23 bits per heavy atom. The molecule has 72 valence electrons. The van der Waals surface area contributed by atoms with Crippen LogP contribution in [0, 0.1) is 0 Å². The molecule has 7 heteroatoms. The van der Waals surface area contributed by atoms with Crippen LogP contribution in [-0.4, -0.2) is 10.2 Å². The summed E-state index contributed by atoms with van der Waals surface area (Å²) in [5.74, 6) is -0.604. The molecule has 0 unspecified atom stereocenters. The summed E-state index contributed by atoms with van der Waals surface area (Å²) in [7, 11) is -3.37. The Labute approximate surface area is 74.7 Å². The molecule has 0 aliphatic heterocycles. The molecule has 0 spiro atoms. The van der Waals surface area contributed by atoms with Crippen LogP contribution in [0.2, 0.25) is 0 Å². The molecule has 0 atom stereocenters. The number of benzene rings is 1. The fraction of sp³-hybridized carbons (Fsp3) is 0. The molecule has 0 bridgehead atoms. The largest absolute Gasteiger partial charge is 0.504 e. The smallest absolute Gasteiger partial charge is 0.298 e. The number of nitrogens with one attached hydrogen (secondary N) is 1. The molecule has 0 aromatic heterocycles. The van der Waals surface area contributed by atoms with Crippen molar-refractivity contribution in [3.05, 3.63) is 18.2 Å². The summed E-state index contributed by atoms with van der Waals surface area (Å²) >= 11 is 0. The maximum absolute atomic E-state index is 10.9. The molecule has 1 aromatic rings. The first-order valence-corrected chi connectivity index (χ1v) is 5.20. The fourth-order valence-electron chi connectivity index (χ4n) is 0.795. The Balaban J connectivity index is 2.92. The molecular weight excluding hydrogens is 193 g/mol. The molecule has 0 saturated heterocycles. The third kappa shape index (κ3) is 2.95. The average Bonchev–Trinajstić information content (AvgIpc) is 1.94. The molecule has 0 aliphatic carbocycles. The lowest BCUT2D eigenvalue weighted by Crippen LogP contribution is -2.12. The van der Waals surface area contributed by atoms with Gasteiger partial charge in [-0.3, -0.25) is 15.6 Å². The summed E-state index contributed by atoms with van der Waals surface area (Å²) in [6, 6.07) is 3.79. The minimum Gasteiger partial charge on any atom is -0.504 e. The number of aromatic hydroxyl groups is 2. The second kappa shape index (κ2) is 3.26. The molecule has 0 heterocycles. The number of anilines is 1. The van der Waals surface area contributed by atoms with Crippen LogP contribution < -0.4 is 16.1 Å². The highest BCUT2D eigenvalue weighted by molar-refractivity contribution is 7.60. The number of phenolic OH excluding ortho intramolecular Hbond substituents is 2. The van der Waals surface area contributed by atoms with E-state index >= 15 is 0 Å². The number of hydrogen-bond donors (Lipinski definition) is 5. The second-order valence-corrected chi connectivity index (χ2v) is 4.17. The topological polar surface area (TPSA) is 122 Å². The van der Waals surface area contributed by atoms with Gasteiger partial charge in [0.25, 0.3) is 7.59 Å². The Hall–Kier alpha value is -1.23. The zero-order valence-electron chi connectivity index (χ0n) is 6.64. The number of phenols is 2. The fourth-order valence-corrected chi connectivity index (χ4v) is 1.34. The summed E-state index contributed by atoms with van der Waals surface area (Å²) in [5.41, 5.74) is 10.3. The van der Waals surface area contributed by atoms with Crippen LogP contribution in [-0.2, 0) is 4.57 Å². The van der Waals surface area contributed by atoms with Gasteiger partial charge in [-0.15, -0.1) is 0 Å². The Morgan fingerprint density at radius 2 is 1.85 bits per heavy atom. The quantitative estimate of drug-likeness (QED) is 0.271. The summed E-state index contributed by atoms with van der Waals surface area (Å²) < 4.78 is 10.9. The van der Waals surface area contributed by atoms with Gasteiger partial charge < -0.3 is 15.3 Å². The summed E-state index contributed by atoms with van der Waals surface area (Å²) in [4.78, 5) is 0. The monoisotopic (exact) mass is 203 g/mol. The Kier molecular flexibility index (Phi) is 2.47. The lowest BCUT2D eigenvalue weighted by Gasteiger charge is -2.10. The second-order valence-electron chi connectivity index (χ2n) is 2.52. The maximum atomic E-state index is 10.9. The average molecular weight is 203 g/mol. The molecule has 0 aliphatic rings. The van der Waals surface area contributed by atoms with Crippen LogP contribution in [0.1, 0.15) is 0 Å². The van der Waals surface area contributed by atoms with Gasteiger partial charge in [-0.1, -0.05) is 0 Å². The van der Waals surface area contributed by atoms with Crippen molar-refractivity contribution in [2.45, 2.75) is 0 Å². The number of hydrogen-bond acceptors (Lipinski definition) is 3. The van der Waals surface area contributed by atoms with Gasteiger partial charge in [0, 0.05) is 11.8 Å². The lowest BCUT2D eigenvalue weighted by molar-refractivity contribution is 0.404. The Morgan fingerprint density at radius 3 is 2.31 bits per heavy atom. The van der Waals surface area contributed by atoms with Crippen molar-refractivity contribution in [1.29, 1.82) is 0 Å². The predicted molar refractivity (Wildman–Crippen MR) is 49.4 cm³/mol. The van der Waals surface area contributed by atoms with Crippen molar-refractivity contribution in [2.24, 2.45) is 11.0 Å². The molecule has 0 fully saturated rings. The SMILES string of the molecule is NP(N)(=O)Nc1ccc(O)c(O)c1. The van der Waals surface area contributed by atoms with E-state index in [0.29, 0.717) is 0 Å². The number of rotatable bonds is 2. The van der Waals surface area contributed by atoms with Crippen molar-refractivity contribution >= 4 is 13.3 Å². The van der Waals surface area contributed by atoms with Crippen LogP contribution in [0.15, 0.2) is 18.2 Å². The van der Waals surface area contributed by atoms with E-state index in [-0.39, 0.29) is 17.2 Å². The molecule has 0 saturated carbocycles. The van der Waals surface area contributed by atoms with Crippen LogP contribution in [0.5, 0.6) is 11.5 Å². The van der Waals surface area contributed by atoms with Gasteiger partial charge in [-0.05, 0) is 12.1 Å². The van der Waals surface area contributed by atoms with E-state index < -0.39 is 7.59 Å². The highest BCUT2D eigenvalue weighted by Crippen LogP contribution is 2.33. The normalized spacial score (nSPS) is 11.2. The Bertz CT molecular complexity index is 362. The van der Waals surface area contributed by atoms with E-state index in [0.717, 1.165) is 0 Å². The molecule has 0 amide bonds. The number of nitrogens with two attached hydrogens (primary N) is 2. The molecular formula is C6H10N3O3P. The van der Waals surface area contributed by atoms with Crippen LogP contribution in [0.4, 0.5) is 5.69 Å². The van der Waals surface area contributed by atoms with Crippen molar-refractivity contribution in [3.63, 3.8) is 0 Å². The van der Waals surface area contributed by atoms with E-state index in [1.807, 2.05) is 0 Å². The first kappa shape index (κ1) is 9.85. The van der Waals surface area contributed by atoms with Gasteiger partial charge >= 0.3 is 0 Å². The predicted octanol–water partition coefficient (Wildman–Crippen LogP) is 0.535. The summed E-state index contributed by atoms with van der Waals surface area (Å²) in [6.07, 6.45) is 0. The molecule has 7 N–H and O–H groups in total. The highest BCUT2D eigenvalue weighted by atomic mass is 31.2. The minimum absolute atomic E-state index is 0.269. The highest BCUT2D eigenvalue weighted by Gasteiger charge is 2.08. The summed E-state index contributed by atoms with van der Waals surface area (Å²) in [6.45, 7) is 0. The van der Waals surface area contributed by atoms with E-state index in [4.69, 9.17) is 21.2 Å². The van der Waals surface area contributed by atoms with Gasteiger partial charge in [0.05, 0.1) is 0 Å². The molecule has 0 radical (unpaired) electrons. The first-order chi connectivity index (χ1) is 5.88. The standard InChI is InChI=1S/C6H10N3O3P/c7-13(8,12)9-4-1-2-5(10)6(11)3-4/h1-3,10-11H,(H5,7,8,9,12). The van der Waals surface area contributed by atoms with E-state index in [1.165, 1.54) is 18.2 Å². The van der Waals surface area contributed by atoms with Crippen molar-refractivity contribution < 1.29 is 14.8 Å². The van der Waals surface area contributed by atoms with Crippen LogP contribution in [0.25, 0.3) is 0 Å². The van der Waals surface area contributed by atoms with Gasteiger partial charge in [-0.25, -0.2) is 0 Å². The van der Waals surface area contributed by atoms with E-state index in [9.17, 15) is 4.57 Å². The van der Waals surface area contributed by atoms with Gasteiger partial charge in [0.15, 0.2) is 11.5 Å². The van der Waals surface area contributed by atoms with Gasteiger partial charge in [0.2, 0.25) is 0 Å². The maximum Gasteiger partial charge on any atom is 0.298 e. The lowest BCUT2D eigenvalue weighted by atomic mass is 10.3. The minimum atomic E-state index is -3.37. The molecule has 1 rings (SSSR count). The zero-order chi connectivity index (χ0) is 10.1. The molecule has 1 aromatic carbocycles. The first-order valence-electron chi connectivity index (χ1n) is 3.36. The molecule has 6 nitrogen and oxygen atoms in total. The summed E-state index contributed by atoms with van der Waals surface area (Å²) in [5, 5.41) is 20.3. The van der Waals surface area contributed by atoms with Crippen molar-refractivity contribution in [2.75, 3.05) is 5.09 Å². The van der Waals surface area contributed by atoms with E-state index in [1.54, 1.807) is 0 Å². The molecule has 13 heavy (non-hydrogen) atoms. The zero-order valence-corrected chi connectivity index (χ0v) is 7.53. The van der Waals surface area contributed by atoms with Crippen molar-refractivity contribution in [1.82, 2.24) is 0 Å². The van der Waals surface area contributed by atoms with Gasteiger partial charge in [0.1, 0.15) is 0 Å². The third-order valence-corrected chi connectivity index (χ3v) is 1.89. The van der Waals surface area contributed by atoms with Gasteiger partial charge in [-0.2, -0.15) is 0 Å². The third-order valence-electron chi connectivity index (χ3n) is 1.28. The van der Waals surface area contributed by atoms with Crippen molar-refractivity contribution in [3.8, 4) is 11.5 Å². The van der Waals surface area contributed by atoms with E-state index in [2.05, 4.69) is 5.09 Å². The van der Waals surface area contributed by atoms with Crippen LogP contribution >= 0.6 is 7.59 Å².